The molecule has 3 atom stereocenters. The molecule has 22 heavy (non-hydrogen) atoms. The molecule has 1 aromatic rings. The number of aromatic nitrogens is 2. The van der Waals surface area contributed by atoms with Crippen LogP contribution in [-0.2, 0) is 11.8 Å². The molecule has 124 valence electrons. The van der Waals surface area contributed by atoms with Crippen molar-refractivity contribution in [2.75, 3.05) is 26.3 Å². The number of aliphatic hydroxyl groups is 2. The van der Waals surface area contributed by atoms with Gasteiger partial charge in [-0.05, 0) is 5.92 Å². The van der Waals surface area contributed by atoms with Crippen LogP contribution < -0.4 is 0 Å². The summed E-state index contributed by atoms with van der Waals surface area (Å²) in [6.45, 7) is 5.47. The van der Waals surface area contributed by atoms with Crippen LogP contribution in [0.15, 0.2) is 12.4 Å². The minimum absolute atomic E-state index is 0.117. The quantitative estimate of drug-likeness (QED) is 0.792. The Bertz CT molecular complexity index is 503. The molecule has 1 saturated heterocycles. The van der Waals surface area contributed by atoms with Crippen molar-refractivity contribution in [3.63, 3.8) is 0 Å². The smallest absolute Gasteiger partial charge is 0.257 e. The second-order valence-electron chi connectivity index (χ2n) is 6.36. The number of amides is 1. The molecule has 1 amide bonds. The van der Waals surface area contributed by atoms with Crippen molar-refractivity contribution >= 4 is 5.91 Å². The molecule has 1 fully saturated rings. The van der Waals surface area contributed by atoms with Gasteiger partial charge in [0, 0.05) is 32.3 Å². The number of nitrogens with zero attached hydrogens (tertiary/aromatic N) is 3. The number of aliphatic hydroxyl groups excluding tert-OH is 2. The Hall–Kier alpha value is -1.44. The van der Waals surface area contributed by atoms with E-state index in [0.717, 1.165) is 0 Å². The van der Waals surface area contributed by atoms with Gasteiger partial charge >= 0.3 is 0 Å². The molecule has 2 heterocycles. The molecule has 0 unspecified atom stereocenters. The molecule has 1 aromatic heterocycles. The first kappa shape index (κ1) is 16.9. The third-order valence-electron chi connectivity index (χ3n) is 3.78. The van der Waals surface area contributed by atoms with E-state index in [4.69, 9.17) is 4.74 Å². The van der Waals surface area contributed by atoms with E-state index in [2.05, 4.69) is 5.10 Å². The average molecular weight is 311 g/mol. The maximum absolute atomic E-state index is 12.6. The highest BCUT2D eigenvalue weighted by molar-refractivity contribution is 5.93. The molecular formula is C15H25N3O4. The summed E-state index contributed by atoms with van der Waals surface area (Å²) in [7, 11) is 1.76. The Labute approximate surface area is 130 Å². The van der Waals surface area contributed by atoms with E-state index >= 15 is 0 Å². The molecule has 7 nitrogen and oxygen atoms in total. The van der Waals surface area contributed by atoms with E-state index in [9.17, 15) is 15.0 Å². The van der Waals surface area contributed by atoms with E-state index in [0.29, 0.717) is 31.2 Å². The Morgan fingerprint density at radius 3 is 2.82 bits per heavy atom. The number of hydrogen-bond acceptors (Lipinski definition) is 5. The fraction of sp³-hybridized carbons (Fsp3) is 0.733. The molecule has 1 aliphatic rings. The highest BCUT2D eigenvalue weighted by Crippen LogP contribution is 2.19. The van der Waals surface area contributed by atoms with Gasteiger partial charge in [-0.1, -0.05) is 13.8 Å². The van der Waals surface area contributed by atoms with Crippen LogP contribution in [0.3, 0.4) is 0 Å². The fourth-order valence-electron chi connectivity index (χ4n) is 2.69. The van der Waals surface area contributed by atoms with E-state index < -0.39 is 12.2 Å². The molecule has 0 saturated carbocycles. The molecular weight excluding hydrogens is 286 g/mol. The van der Waals surface area contributed by atoms with Crippen molar-refractivity contribution < 1.29 is 19.7 Å². The molecule has 0 aliphatic carbocycles. The molecule has 1 aliphatic heterocycles. The molecule has 7 heteroatoms. The number of aryl methyl sites for hydroxylation is 1. The summed E-state index contributed by atoms with van der Waals surface area (Å²) < 4.78 is 6.88. The van der Waals surface area contributed by atoms with Crippen molar-refractivity contribution in [3.05, 3.63) is 18.0 Å². The van der Waals surface area contributed by atoms with E-state index in [1.54, 1.807) is 22.8 Å². The third kappa shape index (κ3) is 4.06. The molecule has 0 radical (unpaired) electrons. The second kappa shape index (κ2) is 7.21. The van der Waals surface area contributed by atoms with Gasteiger partial charge in [-0.25, -0.2) is 0 Å². The second-order valence-corrected chi connectivity index (χ2v) is 6.36. The zero-order valence-corrected chi connectivity index (χ0v) is 13.3. The SMILES string of the molecule is CC(C)CN(C[C@@H]1COC[C@@H](O)[C@H]1O)C(=O)c1cnn(C)c1. The first-order valence-corrected chi connectivity index (χ1v) is 7.60. The normalized spacial score (nSPS) is 25.5. The Morgan fingerprint density at radius 1 is 1.50 bits per heavy atom. The first-order chi connectivity index (χ1) is 10.4. The lowest BCUT2D eigenvalue weighted by Gasteiger charge is -2.36. The Balaban J connectivity index is 2.10. The van der Waals surface area contributed by atoms with Gasteiger partial charge in [0.1, 0.15) is 6.10 Å². The van der Waals surface area contributed by atoms with E-state index in [-0.39, 0.29) is 18.4 Å². The molecule has 2 N–H and O–H groups in total. The number of carbonyl (C=O) groups is 1. The lowest BCUT2D eigenvalue weighted by atomic mass is 9.95. The molecule has 0 spiro atoms. The lowest BCUT2D eigenvalue weighted by Crippen LogP contribution is -2.50. The van der Waals surface area contributed by atoms with Gasteiger partial charge in [-0.15, -0.1) is 0 Å². The van der Waals surface area contributed by atoms with Crippen molar-refractivity contribution in [3.8, 4) is 0 Å². The Morgan fingerprint density at radius 2 is 2.23 bits per heavy atom. The first-order valence-electron chi connectivity index (χ1n) is 7.60. The predicted octanol–water partition coefficient (Wildman–Crippen LogP) is -0.113. The summed E-state index contributed by atoms with van der Waals surface area (Å²) in [6, 6.07) is 0. The minimum Gasteiger partial charge on any atom is -0.390 e. The largest absolute Gasteiger partial charge is 0.390 e. The maximum Gasteiger partial charge on any atom is 0.257 e. The monoisotopic (exact) mass is 311 g/mol. The van der Waals surface area contributed by atoms with Gasteiger partial charge in [0.25, 0.3) is 5.91 Å². The molecule has 0 aromatic carbocycles. The average Bonchev–Trinajstić information content (AvgIpc) is 2.88. The van der Waals surface area contributed by atoms with Crippen molar-refractivity contribution in [1.29, 1.82) is 0 Å². The zero-order chi connectivity index (χ0) is 16.3. The molecule has 2 rings (SSSR count). The number of ether oxygens (including phenoxy) is 1. The minimum atomic E-state index is -0.895. The highest BCUT2D eigenvalue weighted by Gasteiger charge is 2.34. The van der Waals surface area contributed by atoms with Gasteiger partial charge in [-0.2, -0.15) is 5.10 Å². The highest BCUT2D eigenvalue weighted by atomic mass is 16.5. The van der Waals surface area contributed by atoms with Crippen LogP contribution in [0.1, 0.15) is 24.2 Å². The lowest BCUT2D eigenvalue weighted by molar-refractivity contribution is -0.124. The van der Waals surface area contributed by atoms with Crippen molar-refractivity contribution in [2.45, 2.75) is 26.1 Å². The summed E-state index contributed by atoms with van der Waals surface area (Å²) in [5.74, 6) is -0.107. The van der Waals surface area contributed by atoms with Gasteiger partial charge in [0.2, 0.25) is 0 Å². The van der Waals surface area contributed by atoms with Crippen LogP contribution in [0.5, 0.6) is 0 Å². The fourth-order valence-corrected chi connectivity index (χ4v) is 2.69. The topological polar surface area (TPSA) is 87.8 Å². The van der Waals surface area contributed by atoms with Crippen LogP contribution in [-0.4, -0.2) is 69.3 Å². The van der Waals surface area contributed by atoms with Crippen LogP contribution in [0.4, 0.5) is 0 Å². The van der Waals surface area contributed by atoms with Crippen LogP contribution in [0, 0.1) is 11.8 Å². The van der Waals surface area contributed by atoms with Gasteiger partial charge in [0.05, 0.1) is 31.1 Å². The van der Waals surface area contributed by atoms with Crippen molar-refractivity contribution in [1.82, 2.24) is 14.7 Å². The zero-order valence-electron chi connectivity index (χ0n) is 13.3. The van der Waals surface area contributed by atoms with E-state index in [1.165, 1.54) is 6.20 Å². The summed E-state index contributed by atoms with van der Waals surface area (Å²) in [5.41, 5.74) is 0.523. The standard InChI is InChI=1S/C15H25N3O4/c1-10(2)5-18(15(21)11-4-16-17(3)6-11)7-12-8-22-9-13(19)14(12)20/h4,6,10,12-14,19-20H,5,7-9H2,1-3H3/t12-,13-,14+/m1/s1. The van der Waals surface area contributed by atoms with Crippen LogP contribution in [0.2, 0.25) is 0 Å². The van der Waals surface area contributed by atoms with Gasteiger partial charge in [-0.3, -0.25) is 9.48 Å². The number of hydrogen-bond donors (Lipinski definition) is 2. The maximum atomic E-state index is 12.6. The van der Waals surface area contributed by atoms with Crippen LogP contribution in [0.25, 0.3) is 0 Å². The number of carbonyl (C=O) groups excluding carboxylic acids is 1. The predicted molar refractivity (Wildman–Crippen MR) is 80.3 cm³/mol. The summed E-state index contributed by atoms with van der Waals surface area (Å²) in [4.78, 5) is 14.3. The van der Waals surface area contributed by atoms with Gasteiger partial charge < -0.3 is 19.8 Å². The third-order valence-corrected chi connectivity index (χ3v) is 3.78. The van der Waals surface area contributed by atoms with Gasteiger partial charge in [0.15, 0.2) is 0 Å². The van der Waals surface area contributed by atoms with Crippen LogP contribution >= 0.6 is 0 Å². The van der Waals surface area contributed by atoms with E-state index in [1.807, 2.05) is 13.8 Å². The summed E-state index contributed by atoms with van der Waals surface area (Å²) in [6.07, 6.45) is 1.45. The molecule has 0 bridgehead atoms. The Kier molecular flexibility index (Phi) is 5.55. The van der Waals surface area contributed by atoms with Crippen molar-refractivity contribution in [2.24, 2.45) is 18.9 Å². The summed E-state index contributed by atoms with van der Waals surface area (Å²) in [5, 5.41) is 23.8. The summed E-state index contributed by atoms with van der Waals surface area (Å²) >= 11 is 0. The number of rotatable bonds is 5.